The highest BCUT2D eigenvalue weighted by Gasteiger charge is 2.15. The predicted octanol–water partition coefficient (Wildman–Crippen LogP) is 2.53. The van der Waals surface area contributed by atoms with Gasteiger partial charge < -0.3 is 5.32 Å². The molecule has 0 spiro atoms. The van der Waals surface area contributed by atoms with E-state index >= 15 is 0 Å². The first-order valence-corrected chi connectivity index (χ1v) is 5.32. The summed E-state index contributed by atoms with van der Waals surface area (Å²) in [5.74, 6) is 0.139. The topological polar surface area (TPSA) is 29.1 Å². The predicted molar refractivity (Wildman–Crippen MR) is 60.7 cm³/mol. The van der Waals surface area contributed by atoms with Crippen molar-refractivity contribution < 1.29 is 4.79 Å². The molecular formula is C13H15NO. The number of ketones is 1. The van der Waals surface area contributed by atoms with E-state index in [2.05, 4.69) is 5.32 Å². The summed E-state index contributed by atoms with van der Waals surface area (Å²) in [6, 6.07) is 9.44. The van der Waals surface area contributed by atoms with E-state index in [1.54, 1.807) is 0 Å². The molecule has 2 nitrogen and oxygen atoms in total. The fourth-order valence-corrected chi connectivity index (χ4v) is 1.86. The van der Waals surface area contributed by atoms with Gasteiger partial charge >= 0.3 is 0 Å². The second kappa shape index (κ2) is 4.30. The Morgan fingerprint density at radius 2 is 2.00 bits per heavy atom. The Labute approximate surface area is 90.0 Å². The van der Waals surface area contributed by atoms with E-state index in [1.165, 1.54) is 0 Å². The Balaban J connectivity index is 2.25. The molecular weight excluding hydrogens is 186 g/mol. The van der Waals surface area contributed by atoms with Gasteiger partial charge in [0, 0.05) is 23.4 Å². The Kier molecular flexibility index (Phi) is 2.86. The molecule has 1 aliphatic heterocycles. The average molecular weight is 201 g/mol. The van der Waals surface area contributed by atoms with Gasteiger partial charge in [0.15, 0.2) is 5.78 Å². The summed E-state index contributed by atoms with van der Waals surface area (Å²) in [6.07, 6.45) is 2.14. The van der Waals surface area contributed by atoms with Gasteiger partial charge in [0.2, 0.25) is 0 Å². The number of carbonyl (C=O) groups excluding carboxylic acids is 1. The smallest absolute Gasteiger partial charge is 0.190 e. The van der Waals surface area contributed by atoms with Crippen molar-refractivity contribution in [3.05, 3.63) is 47.2 Å². The van der Waals surface area contributed by atoms with Crippen LogP contribution in [0.4, 0.5) is 0 Å². The number of carbonyl (C=O) groups is 1. The lowest BCUT2D eigenvalue weighted by Crippen LogP contribution is -2.11. The van der Waals surface area contributed by atoms with E-state index in [9.17, 15) is 4.79 Å². The molecule has 2 rings (SSSR count). The minimum absolute atomic E-state index is 0.139. The van der Waals surface area contributed by atoms with Crippen molar-refractivity contribution in [2.24, 2.45) is 0 Å². The van der Waals surface area contributed by atoms with Crippen LogP contribution in [0.15, 0.2) is 41.6 Å². The highest BCUT2D eigenvalue weighted by molar-refractivity contribution is 6.08. The Morgan fingerprint density at radius 3 is 2.60 bits per heavy atom. The van der Waals surface area contributed by atoms with Gasteiger partial charge in [-0.05, 0) is 19.8 Å². The maximum atomic E-state index is 12.0. The average Bonchev–Trinajstić information content (AvgIpc) is 2.82. The highest BCUT2D eigenvalue weighted by Crippen LogP contribution is 2.17. The van der Waals surface area contributed by atoms with Crippen molar-refractivity contribution in [1.29, 1.82) is 0 Å². The highest BCUT2D eigenvalue weighted by atomic mass is 16.1. The summed E-state index contributed by atoms with van der Waals surface area (Å²) < 4.78 is 0. The van der Waals surface area contributed by atoms with Crippen LogP contribution in [-0.2, 0) is 0 Å². The van der Waals surface area contributed by atoms with Gasteiger partial charge in [-0.3, -0.25) is 4.79 Å². The molecule has 0 aromatic heterocycles. The second-order valence-electron chi connectivity index (χ2n) is 3.83. The number of allylic oxidation sites excluding steroid dienone is 2. The SMILES string of the molecule is C/C(C(=O)c1ccccc1)=C1\CCCN1. The van der Waals surface area contributed by atoms with Gasteiger partial charge in [-0.25, -0.2) is 0 Å². The van der Waals surface area contributed by atoms with E-state index in [0.717, 1.165) is 36.2 Å². The largest absolute Gasteiger partial charge is 0.388 e. The Morgan fingerprint density at radius 1 is 1.27 bits per heavy atom. The van der Waals surface area contributed by atoms with Crippen LogP contribution in [0.1, 0.15) is 30.1 Å². The van der Waals surface area contributed by atoms with Crippen LogP contribution < -0.4 is 5.32 Å². The first kappa shape index (κ1) is 9.97. The van der Waals surface area contributed by atoms with Crippen molar-refractivity contribution in [2.75, 3.05) is 6.54 Å². The van der Waals surface area contributed by atoms with Gasteiger partial charge in [0.05, 0.1) is 0 Å². The molecule has 0 saturated carbocycles. The first-order chi connectivity index (χ1) is 7.29. The molecule has 0 aliphatic carbocycles. The van der Waals surface area contributed by atoms with Crippen molar-refractivity contribution in [1.82, 2.24) is 5.32 Å². The molecule has 0 radical (unpaired) electrons. The van der Waals surface area contributed by atoms with Gasteiger partial charge in [0.25, 0.3) is 0 Å². The molecule has 1 saturated heterocycles. The third-order valence-electron chi connectivity index (χ3n) is 2.77. The molecule has 0 unspecified atom stereocenters. The zero-order valence-electron chi connectivity index (χ0n) is 8.92. The van der Waals surface area contributed by atoms with Crippen molar-refractivity contribution >= 4 is 5.78 Å². The van der Waals surface area contributed by atoms with Crippen LogP contribution in [0.3, 0.4) is 0 Å². The summed E-state index contributed by atoms with van der Waals surface area (Å²) >= 11 is 0. The maximum absolute atomic E-state index is 12.0. The van der Waals surface area contributed by atoms with Crippen LogP contribution in [0.2, 0.25) is 0 Å². The molecule has 1 fully saturated rings. The van der Waals surface area contributed by atoms with Crippen LogP contribution >= 0.6 is 0 Å². The van der Waals surface area contributed by atoms with E-state index in [1.807, 2.05) is 37.3 Å². The fourth-order valence-electron chi connectivity index (χ4n) is 1.86. The molecule has 0 atom stereocenters. The third kappa shape index (κ3) is 2.09. The monoisotopic (exact) mass is 201 g/mol. The van der Waals surface area contributed by atoms with Gasteiger partial charge in [-0.1, -0.05) is 30.3 Å². The Hall–Kier alpha value is -1.57. The Bertz CT molecular complexity index is 384. The van der Waals surface area contributed by atoms with Crippen molar-refractivity contribution in [2.45, 2.75) is 19.8 Å². The van der Waals surface area contributed by atoms with Crippen LogP contribution in [0.5, 0.6) is 0 Å². The molecule has 2 heteroatoms. The second-order valence-corrected chi connectivity index (χ2v) is 3.83. The lowest BCUT2D eigenvalue weighted by atomic mass is 10.0. The van der Waals surface area contributed by atoms with Gasteiger partial charge in [-0.2, -0.15) is 0 Å². The molecule has 1 aliphatic rings. The summed E-state index contributed by atoms with van der Waals surface area (Å²) in [4.78, 5) is 12.0. The van der Waals surface area contributed by atoms with Crippen LogP contribution in [0.25, 0.3) is 0 Å². The number of Topliss-reactive ketones (excluding diaryl/α,β-unsaturated/α-hetero) is 1. The molecule has 1 heterocycles. The number of benzene rings is 1. The molecule has 0 amide bonds. The van der Waals surface area contributed by atoms with E-state index in [0.29, 0.717) is 0 Å². The standard InChI is InChI=1S/C13H15NO/c1-10(12-8-5-9-14-12)13(15)11-6-3-2-4-7-11/h2-4,6-7,14H,5,8-9H2,1H3/b12-10-. The number of nitrogens with one attached hydrogen (secondary N) is 1. The fraction of sp³-hybridized carbons (Fsp3) is 0.308. The van der Waals surface area contributed by atoms with Crippen LogP contribution in [0, 0.1) is 0 Å². The quantitative estimate of drug-likeness (QED) is 0.588. The third-order valence-corrected chi connectivity index (χ3v) is 2.77. The van der Waals surface area contributed by atoms with Crippen LogP contribution in [-0.4, -0.2) is 12.3 Å². The molecule has 15 heavy (non-hydrogen) atoms. The number of hydrogen-bond donors (Lipinski definition) is 1. The normalized spacial score (nSPS) is 18.5. The zero-order valence-corrected chi connectivity index (χ0v) is 8.92. The van der Waals surface area contributed by atoms with E-state index in [4.69, 9.17) is 0 Å². The van der Waals surface area contributed by atoms with Crippen molar-refractivity contribution in [3.63, 3.8) is 0 Å². The summed E-state index contributed by atoms with van der Waals surface area (Å²) in [5, 5.41) is 3.27. The van der Waals surface area contributed by atoms with E-state index in [-0.39, 0.29) is 5.78 Å². The molecule has 1 aromatic rings. The minimum Gasteiger partial charge on any atom is -0.388 e. The molecule has 1 N–H and O–H groups in total. The zero-order chi connectivity index (χ0) is 10.7. The van der Waals surface area contributed by atoms with Gasteiger partial charge in [-0.15, -0.1) is 0 Å². The summed E-state index contributed by atoms with van der Waals surface area (Å²) in [6.45, 7) is 2.90. The van der Waals surface area contributed by atoms with Gasteiger partial charge in [0.1, 0.15) is 0 Å². The molecule has 78 valence electrons. The lowest BCUT2D eigenvalue weighted by molar-refractivity contribution is 0.103. The molecule has 0 bridgehead atoms. The number of hydrogen-bond acceptors (Lipinski definition) is 2. The number of rotatable bonds is 2. The summed E-state index contributed by atoms with van der Waals surface area (Å²) in [5.41, 5.74) is 2.75. The first-order valence-electron chi connectivity index (χ1n) is 5.32. The summed E-state index contributed by atoms with van der Waals surface area (Å²) in [7, 11) is 0. The maximum Gasteiger partial charge on any atom is 0.190 e. The lowest BCUT2D eigenvalue weighted by Gasteiger charge is -2.05. The minimum atomic E-state index is 0.139. The van der Waals surface area contributed by atoms with Crippen molar-refractivity contribution in [3.8, 4) is 0 Å². The molecule has 1 aromatic carbocycles. The van der Waals surface area contributed by atoms with E-state index < -0.39 is 0 Å².